The van der Waals surface area contributed by atoms with Gasteiger partial charge in [-0.1, -0.05) is 0 Å². The van der Waals surface area contributed by atoms with E-state index in [0.29, 0.717) is 6.42 Å². The summed E-state index contributed by atoms with van der Waals surface area (Å²) < 4.78 is 0. The first-order valence-corrected chi connectivity index (χ1v) is 4.73. The maximum atomic E-state index is 9.99. The van der Waals surface area contributed by atoms with Crippen LogP contribution in [0.3, 0.4) is 0 Å². The monoisotopic (exact) mass is 161 g/mol. The molecule has 0 rings (SSSR count). The van der Waals surface area contributed by atoms with Gasteiger partial charge in [0.25, 0.3) is 0 Å². The number of thioether (sulfide) groups is 1. The molecule has 0 heterocycles. The molecule has 0 bridgehead atoms. The zero-order valence-corrected chi connectivity index (χ0v) is 7.41. The van der Waals surface area contributed by atoms with Crippen LogP contribution in [0.15, 0.2) is 0 Å². The summed E-state index contributed by atoms with van der Waals surface area (Å²) in [4.78, 5) is 9.99. The molecule has 0 saturated carbocycles. The minimum atomic E-state index is -0.166. The SMILES string of the molecule is CSCC(C)(N)CCC=O. The van der Waals surface area contributed by atoms with Crippen LogP contribution in [0.1, 0.15) is 19.8 Å². The summed E-state index contributed by atoms with van der Waals surface area (Å²) in [5.41, 5.74) is 5.67. The van der Waals surface area contributed by atoms with Gasteiger partial charge in [-0.25, -0.2) is 0 Å². The molecule has 0 saturated heterocycles. The maximum absolute atomic E-state index is 9.99. The topological polar surface area (TPSA) is 43.1 Å². The second kappa shape index (κ2) is 4.74. The number of hydrogen-bond acceptors (Lipinski definition) is 3. The lowest BCUT2D eigenvalue weighted by molar-refractivity contribution is -0.108. The van der Waals surface area contributed by atoms with E-state index in [1.807, 2.05) is 13.2 Å². The van der Waals surface area contributed by atoms with Crippen LogP contribution >= 0.6 is 11.8 Å². The standard InChI is InChI=1S/C7H15NOS/c1-7(8,6-10-2)4-3-5-9/h5H,3-4,6,8H2,1-2H3. The van der Waals surface area contributed by atoms with Gasteiger partial charge in [-0.2, -0.15) is 11.8 Å². The lowest BCUT2D eigenvalue weighted by Crippen LogP contribution is -2.38. The Balaban J connectivity index is 3.51. The lowest BCUT2D eigenvalue weighted by atomic mass is 10.0. The first-order valence-electron chi connectivity index (χ1n) is 3.34. The van der Waals surface area contributed by atoms with Crippen LogP contribution in [0.25, 0.3) is 0 Å². The van der Waals surface area contributed by atoms with Crippen LogP contribution < -0.4 is 5.73 Å². The average molecular weight is 161 g/mol. The average Bonchev–Trinajstić information content (AvgIpc) is 1.84. The van der Waals surface area contributed by atoms with Gasteiger partial charge in [0, 0.05) is 17.7 Å². The van der Waals surface area contributed by atoms with Crippen LogP contribution in [-0.4, -0.2) is 23.8 Å². The molecular formula is C7H15NOS. The van der Waals surface area contributed by atoms with Crippen LogP contribution in [-0.2, 0) is 4.79 Å². The fourth-order valence-electron chi connectivity index (χ4n) is 0.791. The largest absolute Gasteiger partial charge is 0.325 e. The number of nitrogens with two attached hydrogens (primary N) is 1. The highest BCUT2D eigenvalue weighted by atomic mass is 32.2. The Hall–Kier alpha value is -0.0200. The van der Waals surface area contributed by atoms with Gasteiger partial charge in [0.2, 0.25) is 0 Å². The van der Waals surface area contributed by atoms with Gasteiger partial charge in [0.15, 0.2) is 0 Å². The molecule has 0 aromatic carbocycles. The second-order valence-electron chi connectivity index (χ2n) is 2.79. The molecule has 0 aliphatic carbocycles. The van der Waals surface area contributed by atoms with E-state index in [1.165, 1.54) is 0 Å². The van der Waals surface area contributed by atoms with E-state index in [1.54, 1.807) is 11.8 Å². The predicted molar refractivity (Wildman–Crippen MR) is 46.3 cm³/mol. The predicted octanol–water partition coefficient (Wildman–Crippen LogP) is 1.05. The molecule has 0 aromatic rings. The van der Waals surface area contributed by atoms with Crippen molar-refractivity contribution in [1.82, 2.24) is 0 Å². The Labute approximate surface area is 66.6 Å². The van der Waals surface area contributed by atoms with Crippen LogP contribution in [0, 0.1) is 0 Å². The van der Waals surface area contributed by atoms with Gasteiger partial charge >= 0.3 is 0 Å². The Morgan fingerprint density at radius 1 is 1.70 bits per heavy atom. The fraction of sp³-hybridized carbons (Fsp3) is 0.857. The van der Waals surface area contributed by atoms with Crippen molar-refractivity contribution < 1.29 is 4.79 Å². The van der Waals surface area contributed by atoms with Crippen molar-refractivity contribution in [2.75, 3.05) is 12.0 Å². The molecule has 0 aliphatic rings. The molecule has 2 N–H and O–H groups in total. The smallest absolute Gasteiger partial charge is 0.120 e. The van der Waals surface area contributed by atoms with E-state index in [2.05, 4.69) is 0 Å². The van der Waals surface area contributed by atoms with Crippen molar-refractivity contribution in [2.45, 2.75) is 25.3 Å². The van der Waals surface area contributed by atoms with E-state index in [9.17, 15) is 4.79 Å². The van der Waals surface area contributed by atoms with E-state index in [4.69, 9.17) is 5.73 Å². The van der Waals surface area contributed by atoms with E-state index in [0.717, 1.165) is 18.5 Å². The maximum Gasteiger partial charge on any atom is 0.120 e. The molecule has 60 valence electrons. The van der Waals surface area contributed by atoms with Crippen molar-refractivity contribution in [3.05, 3.63) is 0 Å². The van der Waals surface area contributed by atoms with Gasteiger partial charge in [-0.3, -0.25) is 0 Å². The summed E-state index contributed by atoms with van der Waals surface area (Å²) in [7, 11) is 0. The molecule has 0 fully saturated rings. The molecule has 3 heteroatoms. The van der Waals surface area contributed by atoms with E-state index >= 15 is 0 Å². The highest BCUT2D eigenvalue weighted by Crippen LogP contribution is 2.12. The number of carbonyl (C=O) groups excluding carboxylic acids is 1. The summed E-state index contributed by atoms with van der Waals surface area (Å²) in [5, 5.41) is 0. The number of hydrogen-bond donors (Lipinski definition) is 1. The molecule has 1 atom stereocenters. The quantitative estimate of drug-likeness (QED) is 0.613. The van der Waals surface area contributed by atoms with Crippen molar-refractivity contribution in [3.63, 3.8) is 0 Å². The van der Waals surface area contributed by atoms with Crippen LogP contribution in [0.5, 0.6) is 0 Å². The normalized spacial score (nSPS) is 16.3. The molecule has 10 heavy (non-hydrogen) atoms. The summed E-state index contributed by atoms with van der Waals surface area (Å²) in [5.74, 6) is 0.918. The summed E-state index contributed by atoms with van der Waals surface area (Å²) in [6, 6.07) is 0. The third-order valence-corrected chi connectivity index (χ3v) is 2.26. The molecule has 0 radical (unpaired) electrons. The Morgan fingerprint density at radius 2 is 2.30 bits per heavy atom. The molecule has 0 amide bonds. The van der Waals surface area contributed by atoms with Crippen LogP contribution in [0.2, 0.25) is 0 Å². The van der Waals surface area contributed by atoms with Crippen molar-refractivity contribution in [2.24, 2.45) is 5.73 Å². The zero-order chi connectivity index (χ0) is 8.04. The molecule has 0 aliphatic heterocycles. The Morgan fingerprint density at radius 3 is 2.70 bits per heavy atom. The molecule has 2 nitrogen and oxygen atoms in total. The van der Waals surface area contributed by atoms with Crippen LogP contribution in [0.4, 0.5) is 0 Å². The summed E-state index contributed by atoms with van der Waals surface area (Å²) in [6.07, 6.45) is 4.31. The molecule has 1 unspecified atom stereocenters. The van der Waals surface area contributed by atoms with Crippen molar-refractivity contribution >= 4 is 18.0 Å². The number of carbonyl (C=O) groups is 1. The van der Waals surface area contributed by atoms with Gasteiger partial charge in [-0.05, 0) is 19.6 Å². The van der Waals surface area contributed by atoms with Gasteiger partial charge < -0.3 is 10.5 Å². The van der Waals surface area contributed by atoms with Gasteiger partial charge in [0.05, 0.1) is 0 Å². The number of aldehydes is 1. The summed E-state index contributed by atoms with van der Waals surface area (Å²) >= 11 is 1.72. The molecular weight excluding hydrogens is 146 g/mol. The minimum Gasteiger partial charge on any atom is -0.325 e. The van der Waals surface area contributed by atoms with E-state index in [-0.39, 0.29) is 5.54 Å². The Bertz CT molecular complexity index is 104. The van der Waals surface area contributed by atoms with Crippen molar-refractivity contribution in [3.8, 4) is 0 Å². The third-order valence-electron chi connectivity index (χ3n) is 1.31. The lowest BCUT2D eigenvalue weighted by Gasteiger charge is -2.21. The van der Waals surface area contributed by atoms with Gasteiger partial charge in [0.1, 0.15) is 6.29 Å². The van der Waals surface area contributed by atoms with E-state index < -0.39 is 0 Å². The highest BCUT2D eigenvalue weighted by Gasteiger charge is 2.15. The van der Waals surface area contributed by atoms with Crippen molar-refractivity contribution in [1.29, 1.82) is 0 Å². The molecule has 0 aromatic heterocycles. The highest BCUT2D eigenvalue weighted by molar-refractivity contribution is 7.98. The second-order valence-corrected chi connectivity index (χ2v) is 3.66. The Kier molecular flexibility index (Phi) is 4.73. The first-order chi connectivity index (χ1) is 4.62. The first kappa shape index (κ1) is 9.98. The molecule has 0 spiro atoms. The minimum absolute atomic E-state index is 0.166. The summed E-state index contributed by atoms with van der Waals surface area (Å²) in [6.45, 7) is 1.98. The zero-order valence-electron chi connectivity index (χ0n) is 6.59. The number of rotatable bonds is 5. The third kappa shape index (κ3) is 4.82. The fourth-order valence-corrected chi connectivity index (χ4v) is 1.59. The van der Waals surface area contributed by atoms with Gasteiger partial charge in [-0.15, -0.1) is 0 Å².